The van der Waals surface area contributed by atoms with Gasteiger partial charge >= 0.3 is 5.91 Å². The van der Waals surface area contributed by atoms with Gasteiger partial charge < -0.3 is 4.79 Å². The van der Waals surface area contributed by atoms with Crippen LogP contribution < -0.4 is 0 Å². The first-order valence-corrected chi connectivity index (χ1v) is 4.68. The van der Waals surface area contributed by atoms with Crippen LogP contribution in [0.4, 0.5) is 0 Å². The van der Waals surface area contributed by atoms with Crippen molar-refractivity contribution in [2.75, 3.05) is 0 Å². The fourth-order valence-electron chi connectivity index (χ4n) is 0.902. The fourth-order valence-corrected chi connectivity index (χ4v) is 1.63. The summed E-state index contributed by atoms with van der Waals surface area (Å²) in [6.07, 6.45) is 0. The van der Waals surface area contributed by atoms with Gasteiger partial charge in [0.05, 0.1) is 16.6 Å². The summed E-state index contributed by atoms with van der Waals surface area (Å²) >= 11 is 17.4. The van der Waals surface area contributed by atoms with Crippen LogP contribution >= 0.6 is 34.8 Å². The van der Waals surface area contributed by atoms with Crippen LogP contribution in [0.2, 0.25) is 15.1 Å². The number of nitrogens with zero attached hydrogens (tertiary/aromatic N) is 1. The van der Waals surface area contributed by atoms with Gasteiger partial charge in [0.25, 0.3) is 0 Å². The van der Waals surface area contributed by atoms with E-state index in [1.807, 2.05) is 0 Å². The third kappa shape index (κ3) is 1.85. The maximum Gasteiger partial charge on any atom is 0.387 e. The third-order valence-electron chi connectivity index (χ3n) is 1.72. The smallest absolute Gasteiger partial charge is 0.310 e. The Morgan fingerprint density at radius 1 is 1.36 bits per heavy atom. The first-order valence-electron chi connectivity index (χ1n) is 3.55. The van der Waals surface area contributed by atoms with Gasteiger partial charge in [-0.1, -0.05) is 34.8 Å². The van der Waals surface area contributed by atoms with Gasteiger partial charge in [0, 0.05) is 10.6 Å². The second-order valence-electron chi connectivity index (χ2n) is 2.58. The predicted molar refractivity (Wildman–Crippen MR) is 57.1 cm³/mol. The van der Waals surface area contributed by atoms with E-state index in [1.54, 1.807) is 6.92 Å². The van der Waals surface area contributed by atoms with E-state index in [-0.39, 0.29) is 15.6 Å². The topological polar surface area (TPSA) is 21.4 Å². The molecule has 0 fully saturated rings. The SMILES string of the molecule is [C-]#[N+]C(=O)c1cc(Cl)c(C)c(Cl)c1Cl. The zero-order valence-corrected chi connectivity index (χ0v) is 9.33. The lowest BCUT2D eigenvalue weighted by Crippen LogP contribution is -1.95. The minimum atomic E-state index is -0.765. The van der Waals surface area contributed by atoms with Gasteiger partial charge in [-0.05, 0) is 18.6 Å². The number of carbonyl (C=O) groups is 1. The summed E-state index contributed by atoms with van der Waals surface area (Å²) in [5.41, 5.74) is 0.641. The molecule has 0 radical (unpaired) electrons. The molecule has 0 unspecified atom stereocenters. The minimum Gasteiger partial charge on any atom is -0.310 e. The molecule has 0 aliphatic heterocycles. The zero-order chi connectivity index (χ0) is 10.9. The summed E-state index contributed by atoms with van der Waals surface area (Å²) in [5, 5.41) is 0.618. The molecule has 0 saturated carbocycles. The lowest BCUT2D eigenvalue weighted by Gasteiger charge is -2.06. The molecule has 0 aliphatic rings. The van der Waals surface area contributed by atoms with E-state index in [0.29, 0.717) is 10.6 Å². The van der Waals surface area contributed by atoms with Gasteiger partial charge in [0.1, 0.15) is 0 Å². The Kier molecular flexibility index (Phi) is 3.38. The number of carbonyl (C=O) groups excluding carboxylic acids is 1. The Balaban J connectivity index is 3.50. The molecule has 0 saturated heterocycles. The van der Waals surface area contributed by atoms with Crippen molar-refractivity contribution in [2.24, 2.45) is 0 Å². The molecule has 0 heterocycles. The summed E-state index contributed by atoms with van der Waals surface area (Å²) in [4.78, 5) is 13.8. The molecule has 0 bridgehead atoms. The molecule has 0 atom stereocenters. The van der Waals surface area contributed by atoms with E-state index < -0.39 is 5.91 Å². The van der Waals surface area contributed by atoms with Gasteiger partial charge in [-0.15, -0.1) is 0 Å². The number of benzene rings is 1. The molecular weight excluding hydrogens is 244 g/mol. The summed E-state index contributed by atoms with van der Waals surface area (Å²) < 4.78 is 0. The van der Waals surface area contributed by atoms with Crippen LogP contribution in [-0.2, 0) is 0 Å². The van der Waals surface area contributed by atoms with Crippen LogP contribution in [0.25, 0.3) is 4.85 Å². The second-order valence-corrected chi connectivity index (χ2v) is 3.74. The van der Waals surface area contributed by atoms with Crippen LogP contribution in [0.15, 0.2) is 6.07 Å². The second kappa shape index (κ2) is 4.18. The van der Waals surface area contributed by atoms with Gasteiger partial charge in [0.2, 0.25) is 0 Å². The van der Waals surface area contributed by atoms with E-state index in [1.165, 1.54) is 6.07 Å². The first kappa shape index (κ1) is 11.3. The summed E-state index contributed by atoms with van der Waals surface area (Å²) in [5.74, 6) is -0.765. The monoisotopic (exact) mass is 247 g/mol. The van der Waals surface area contributed by atoms with E-state index >= 15 is 0 Å². The van der Waals surface area contributed by atoms with Crippen molar-refractivity contribution in [3.05, 3.63) is 43.7 Å². The Labute approximate surface area is 96.2 Å². The van der Waals surface area contributed by atoms with E-state index in [4.69, 9.17) is 41.4 Å². The average molecular weight is 248 g/mol. The molecule has 5 heteroatoms. The van der Waals surface area contributed by atoms with Crippen molar-refractivity contribution >= 4 is 40.7 Å². The largest absolute Gasteiger partial charge is 0.387 e. The maximum absolute atomic E-state index is 11.1. The van der Waals surface area contributed by atoms with Crippen LogP contribution in [0.3, 0.4) is 0 Å². The highest BCUT2D eigenvalue weighted by Gasteiger charge is 2.16. The Morgan fingerprint density at radius 3 is 2.43 bits per heavy atom. The zero-order valence-electron chi connectivity index (χ0n) is 7.07. The maximum atomic E-state index is 11.1. The van der Waals surface area contributed by atoms with E-state index in [2.05, 4.69) is 4.85 Å². The third-order valence-corrected chi connectivity index (χ3v) is 3.07. The highest BCUT2D eigenvalue weighted by atomic mass is 35.5. The lowest BCUT2D eigenvalue weighted by atomic mass is 10.1. The Bertz CT molecular complexity index is 448. The Morgan fingerprint density at radius 2 is 1.93 bits per heavy atom. The number of rotatable bonds is 1. The minimum absolute atomic E-state index is 0.0438. The molecule has 1 rings (SSSR count). The molecule has 0 aliphatic carbocycles. The number of amides is 1. The van der Waals surface area contributed by atoms with Crippen LogP contribution in [0.5, 0.6) is 0 Å². The standard InChI is InChI=1S/C9H4Cl3NO/c1-4-6(10)3-5(9(14)13-2)8(12)7(4)11/h3H,1H3. The van der Waals surface area contributed by atoms with Crippen LogP contribution in [-0.4, -0.2) is 5.91 Å². The van der Waals surface area contributed by atoms with Crippen molar-refractivity contribution in [1.29, 1.82) is 0 Å². The molecule has 72 valence electrons. The summed E-state index contributed by atoms with van der Waals surface area (Å²) in [7, 11) is 0. The number of hydrogen-bond acceptors (Lipinski definition) is 1. The number of hydrogen-bond donors (Lipinski definition) is 0. The quantitative estimate of drug-likeness (QED) is 0.543. The predicted octanol–water partition coefficient (Wildman–Crippen LogP) is 4.01. The summed E-state index contributed by atoms with van der Waals surface area (Å²) in [6.45, 7) is 8.25. The van der Waals surface area contributed by atoms with Crippen molar-refractivity contribution in [3.63, 3.8) is 0 Å². The molecule has 0 N–H and O–H groups in total. The van der Waals surface area contributed by atoms with Crippen molar-refractivity contribution in [2.45, 2.75) is 6.92 Å². The van der Waals surface area contributed by atoms with Crippen LogP contribution in [0.1, 0.15) is 15.9 Å². The fraction of sp³-hybridized carbons (Fsp3) is 0.111. The van der Waals surface area contributed by atoms with Crippen molar-refractivity contribution in [3.8, 4) is 0 Å². The van der Waals surface area contributed by atoms with Crippen LogP contribution in [0, 0.1) is 13.5 Å². The molecule has 1 aromatic carbocycles. The van der Waals surface area contributed by atoms with Crippen molar-refractivity contribution in [1.82, 2.24) is 0 Å². The molecule has 1 aromatic rings. The number of halogens is 3. The molecular formula is C9H4Cl3NO. The Hall–Kier alpha value is -0.750. The average Bonchev–Trinajstić information content (AvgIpc) is 2.19. The molecule has 14 heavy (non-hydrogen) atoms. The van der Waals surface area contributed by atoms with E-state index in [9.17, 15) is 4.79 Å². The molecule has 1 amide bonds. The van der Waals surface area contributed by atoms with Gasteiger partial charge in [-0.3, -0.25) is 0 Å². The highest BCUT2D eigenvalue weighted by molar-refractivity contribution is 6.46. The molecule has 2 nitrogen and oxygen atoms in total. The molecule has 0 aromatic heterocycles. The van der Waals surface area contributed by atoms with Gasteiger partial charge in [-0.2, -0.15) is 4.85 Å². The van der Waals surface area contributed by atoms with Gasteiger partial charge in [0.15, 0.2) is 0 Å². The summed E-state index contributed by atoms with van der Waals surface area (Å²) in [6, 6.07) is 1.35. The van der Waals surface area contributed by atoms with Crippen molar-refractivity contribution < 1.29 is 4.79 Å². The van der Waals surface area contributed by atoms with E-state index in [0.717, 1.165) is 0 Å². The normalized spacial score (nSPS) is 9.64. The lowest BCUT2D eigenvalue weighted by molar-refractivity contribution is 0.104. The highest BCUT2D eigenvalue weighted by Crippen LogP contribution is 2.34. The first-order chi connectivity index (χ1) is 6.49. The van der Waals surface area contributed by atoms with Gasteiger partial charge in [-0.25, -0.2) is 0 Å². The molecule has 0 spiro atoms.